The SMILES string of the molecule is CCC(=O)C1CC1COC. The fourth-order valence-electron chi connectivity index (χ4n) is 1.30. The zero-order valence-corrected chi connectivity index (χ0v) is 6.59. The summed E-state index contributed by atoms with van der Waals surface area (Å²) in [5, 5.41) is 0. The monoisotopic (exact) mass is 142 g/mol. The normalized spacial score (nSPS) is 30.2. The molecule has 0 aliphatic heterocycles. The van der Waals surface area contributed by atoms with Crippen LogP contribution in [0.15, 0.2) is 0 Å². The maximum absolute atomic E-state index is 11.0. The number of carbonyl (C=O) groups is 1. The van der Waals surface area contributed by atoms with Crippen molar-refractivity contribution in [1.29, 1.82) is 0 Å². The molecule has 1 aliphatic rings. The molecule has 0 bridgehead atoms. The number of Topliss-reactive ketones (excluding diaryl/α,β-unsaturated/α-hetero) is 1. The molecule has 58 valence electrons. The van der Waals surface area contributed by atoms with Crippen molar-refractivity contribution in [2.75, 3.05) is 13.7 Å². The van der Waals surface area contributed by atoms with Gasteiger partial charge in [-0.15, -0.1) is 0 Å². The van der Waals surface area contributed by atoms with Crippen LogP contribution in [0.3, 0.4) is 0 Å². The summed E-state index contributed by atoms with van der Waals surface area (Å²) in [6.07, 6.45) is 1.74. The van der Waals surface area contributed by atoms with Gasteiger partial charge in [0.05, 0.1) is 0 Å². The number of rotatable bonds is 4. The van der Waals surface area contributed by atoms with Gasteiger partial charge in [-0.25, -0.2) is 0 Å². The molecule has 1 aliphatic carbocycles. The van der Waals surface area contributed by atoms with Gasteiger partial charge in [-0.3, -0.25) is 4.79 Å². The summed E-state index contributed by atoms with van der Waals surface area (Å²) in [6.45, 7) is 2.68. The Hall–Kier alpha value is -0.370. The van der Waals surface area contributed by atoms with E-state index in [1.807, 2.05) is 6.92 Å². The van der Waals surface area contributed by atoms with E-state index in [0.717, 1.165) is 13.0 Å². The van der Waals surface area contributed by atoms with Crippen molar-refractivity contribution < 1.29 is 9.53 Å². The minimum absolute atomic E-state index is 0.338. The van der Waals surface area contributed by atoms with Crippen LogP contribution in [0.5, 0.6) is 0 Å². The van der Waals surface area contributed by atoms with Gasteiger partial charge in [0.2, 0.25) is 0 Å². The quantitative estimate of drug-likeness (QED) is 0.590. The third kappa shape index (κ3) is 1.57. The second-order valence-electron chi connectivity index (χ2n) is 2.88. The Bertz CT molecular complexity index is 131. The predicted octanol–water partition coefficient (Wildman–Crippen LogP) is 1.25. The van der Waals surface area contributed by atoms with Crippen LogP contribution in [0.2, 0.25) is 0 Å². The van der Waals surface area contributed by atoms with Crippen LogP contribution >= 0.6 is 0 Å². The molecule has 0 heterocycles. The van der Waals surface area contributed by atoms with E-state index in [1.54, 1.807) is 7.11 Å². The lowest BCUT2D eigenvalue weighted by Gasteiger charge is -1.94. The van der Waals surface area contributed by atoms with Crippen molar-refractivity contribution >= 4 is 5.78 Å². The predicted molar refractivity (Wildman–Crippen MR) is 38.8 cm³/mol. The maximum Gasteiger partial charge on any atom is 0.136 e. The second-order valence-corrected chi connectivity index (χ2v) is 2.88. The van der Waals surface area contributed by atoms with E-state index in [1.165, 1.54) is 0 Å². The van der Waals surface area contributed by atoms with Crippen LogP contribution in [0.25, 0.3) is 0 Å². The fraction of sp³-hybridized carbons (Fsp3) is 0.875. The topological polar surface area (TPSA) is 26.3 Å². The molecule has 0 aromatic heterocycles. The molecule has 0 amide bonds. The molecule has 1 rings (SSSR count). The van der Waals surface area contributed by atoms with Gasteiger partial charge >= 0.3 is 0 Å². The molecule has 0 aromatic carbocycles. The van der Waals surface area contributed by atoms with Gasteiger partial charge in [-0.05, 0) is 12.3 Å². The van der Waals surface area contributed by atoms with E-state index < -0.39 is 0 Å². The molecular weight excluding hydrogens is 128 g/mol. The number of carbonyl (C=O) groups excluding carboxylic acids is 1. The minimum Gasteiger partial charge on any atom is -0.384 e. The number of hydrogen-bond acceptors (Lipinski definition) is 2. The zero-order valence-electron chi connectivity index (χ0n) is 6.59. The molecule has 2 atom stereocenters. The molecule has 0 saturated heterocycles. The van der Waals surface area contributed by atoms with Gasteiger partial charge < -0.3 is 4.74 Å². The molecule has 1 saturated carbocycles. The summed E-state index contributed by atoms with van der Waals surface area (Å²) < 4.78 is 4.94. The zero-order chi connectivity index (χ0) is 7.56. The van der Waals surface area contributed by atoms with Crippen molar-refractivity contribution in [2.24, 2.45) is 11.8 Å². The molecule has 2 heteroatoms. The maximum atomic E-state index is 11.0. The summed E-state index contributed by atoms with van der Waals surface area (Å²) in [6, 6.07) is 0. The lowest BCUT2D eigenvalue weighted by atomic mass is 10.2. The van der Waals surface area contributed by atoms with Gasteiger partial charge in [0.1, 0.15) is 5.78 Å². The molecule has 2 nitrogen and oxygen atoms in total. The molecule has 10 heavy (non-hydrogen) atoms. The summed E-state index contributed by atoms with van der Waals surface area (Å²) in [5.41, 5.74) is 0. The van der Waals surface area contributed by atoms with Crippen LogP contribution in [-0.4, -0.2) is 19.5 Å². The standard InChI is InChI=1S/C8H14O2/c1-3-8(9)7-4-6(7)5-10-2/h6-7H,3-5H2,1-2H3. The lowest BCUT2D eigenvalue weighted by Crippen LogP contribution is -2.02. The van der Waals surface area contributed by atoms with Crippen LogP contribution in [-0.2, 0) is 9.53 Å². The third-order valence-electron chi connectivity index (χ3n) is 2.07. The molecular formula is C8H14O2. The second kappa shape index (κ2) is 3.15. The highest BCUT2D eigenvalue weighted by atomic mass is 16.5. The average molecular weight is 142 g/mol. The van der Waals surface area contributed by atoms with Gasteiger partial charge in [0.15, 0.2) is 0 Å². The summed E-state index contributed by atoms with van der Waals surface area (Å²) in [5.74, 6) is 1.28. The molecule has 0 aromatic rings. The Morgan fingerprint density at radius 3 is 2.90 bits per heavy atom. The Labute approximate surface area is 61.6 Å². The largest absolute Gasteiger partial charge is 0.384 e. The first-order valence-electron chi connectivity index (χ1n) is 3.81. The Morgan fingerprint density at radius 1 is 1.70 bits per heavy atom. The van der Waals surface area contributed by atoms with Gasteiger partial charge in [0, 0.05) is 26.1 Å². The number of ketones is 1. The number of ether oxygens (including phenoxy) is 1. The van der Waals surface area contributed by atoms with E-state index in [2.05, 4.69) is 0 Å². The molecule has 0 N–H and O–H groups in total. The van der Waals surface area contributed by atoms with Crippen molar-refractivity contribution in [1.82, 2.24) is 0 Å². The molecule has 0 radical (unpaired) electrons. The van der Waals surface area contributed by atoms with Crippen molar-refractivity contribution in [3.05, 3.63) is 0 Å². The highest BCUT2D eigenvalue weighted by Gasteiger charge is 2.41. The van der Waals surface area contributed by atoms with Crippen molar-refractivity contribution in [2.45, 2.75) is 19.8 Å². The van der Waals surface area contributed by atoms with E-state index >= 15 is 0 Å². The first kappa shape index (κ1) is 7.73. The van der Waals surface area contributed by atoms with E-state index in [9.17, 15) is 4.79 Å². The van der Waals surface area contributed by atoms with Crippen LogP contribution in [0, 0.1) is 11.8 Å². The smallest absolute Gasteiger partial charge is 0.136 e. The number of methoxy groups -OCH3 is 1. The Kier molecular flexibility index (Phi) is 2.44. The van der Waals surface area contributed by atoms with Crippen LogP contribution < -0.4 is 0 Å². The van der Waals surface area contributed by atoms with Crippen LogP contribution in [0.4, 0.5) is 0 Å². The Morgan fingerprint density at radius 2 is 2.40 bits per heavy atom. The summed E-state index contributed by atoms with van der Waals surface area (Å²) >= 11 is 0. The molecule has 0 spiro atoms. The summed E-state index contributed by atoms with van der Waals surface area (Å²) in [4.78, 5) is 11.0. The molecule has 1 fully saturated rings. The van der Waals surface area contributed by atoms with Gasteiger partial charge in [0.25, 0.3) is 0 Å². The highest BCUT2D eigenvalue weighted by molar-refractivity contribution is 5.83. The first-order valence-corrected chi connectivity index (χ1v) is 3.81. The first-order chi connectivity index (χ1) is 4.79. The third-order valence-corrected chi connectivity index (χ3v) is 2.07. The van der Waals surface area contributed by atoms with E-state index in [-0.39, 0.29) is 0 Å². The minimum atomic E-state index is 0.338. The molecule has 2 unspecified atom stereocenters. The summed E-state index contributed by atoms with van der Waals surface area (Å²) in [7, 11) is 1.69. The fourth-order valence-corrected chi connectivity index (χ4v) is 1.30. The van der Waals surface area contributed by atoms with Crippen molar-refractivity contribution in [3.8, 4) is 0 Å². The highest BCUT2D eigenvalue weighted by Crippen LogP contribution is 2.39. The van der Waals surface area contributed by atoms with Crippen molar-refractivity contribution in [3.63, 3.8) is 0 Å². The van der Waals surface area contributed by atoms with Gasteiger partial charge in [-0.2, -0.15) is 0 Å². The van der Waals surface area contributed by atoms with E-state index in [0.29, 0.717) is 24.0 Å². The lowest BCUT2D eigenvalue weighted by molar-refractivity contribution is -0.120. The van der Waals surface area contributed by atoms with Crippen LogP contribution in [0.1, 0.15) is 19.8 Å². The van der Waals surface area contributed by atoms with Gasteiger partial charge in [-0.1, -0.05) is 6.92 Å². The average Bonchev–Trinajstić information content (AvgIpc) is 2.67. The Balaban J connectivity index is 2.18. The number of hydrogen-bond donors (Lipinski definition) is 0. The van der Waals surface area contributed by atoms with E-state index in [4.69, 9.17) is 4.74 Å².